The van der Waals surface area contributed by atoms with Crippen LogP contribution in [0.2, 0.25) is 0 Å². The van der Waals surface area contributed by atoms with Gasteiger partial charge in [-0.1, -0.05) is 63.2 Å². The van der Waals surface area contributed by atoms with Crippen LogP contribution in [0.5, 0.6) is 0 Å². The maximum Gasteiger partial charge on any atom is 0.360 e. The van der Waals surface area contributed by atoms with E-state index in [0.717, 1.165) is 5.56 Å². The Kier molecular flexibility index (Phi) is 5.14. The third kappa shape index (κ3) is 3.86. The van der Waals surface area contributed by atoms with Gasteiger partial charge in [-0.3, -0.25) is 9.59 Å². The molecule has 0 aliphatic carbocycles. The summed E-state index contributed by atoms with van der Waals surface area (Å²) in [5.74, 6) is -1.07. The van der Waals surface area contributed by atoms with Crippen molar-refractivity contribution in [2.24, 2.45) is 0 Å². The van der Waals surface area contributed by atoms with Crippen LogP contribution in [-0.4, -0.2) is 28.1 Å². The van der Waals surface area contributed by atoms with Gasteiger partial charge in [0.25, 0.3) is 5.56 Å². The van der Waals surface area contributed by atoms with Crippen molar-refractivity contribution >= 4 is 22.5 Å². The minimum atomic E-state index is -0.986. The Labute approximate surface area is 162 Å². The summed E-state index contributed by atoms with van der Waals surface area (Å²) in [5.41, 5.74) is 1.13. The molecule has 144 valence electrons. The molecule has 0 unspecified atom stereocenters. The lowest BCUT2D eigenvalue weighted by Gasteiger charge is -2.19. The number of nitrogens with one attached hydrogen (secondary N) is 1. The van der Waals surface area contributed by atoms with Crippen molar-refractivity contribution in [3.63, 3.8) is 0 Å². The van der Waals surface area contributed by atoms with E-state index in [9.17, 15) is 14.4 Å². The molecule has 0 saturated carbocycles. The fraction of sp³-hybridized carbons (Fsp3) is 0.273. The molecule has 0 amide bonds. The summed E-state index contributed by atoms with van der Waals surface area (Å²) in [6.45, 7) is 7.80. The number of rotatable bonds is 4. The van der Waals surface area contributed by atoms with Gasteiger partial charge >= 0.3 is 5.97 Å². The van der Waals surface area contributed by atoms with Gasteiger partial charge in [0.15, 0.2) is 11.8 Å². The number of carbonyl (C=O) groups excluding carboxylic acids is 2. The number of aromatic nitrogens is 2. The minimum absolute atomic E-state index is 0.0173. The molecule has 0 spiro atoms. The van der Waals surface area contributed by atoms with Crippen molar-refractivity contribution in [2.45, 2.75) is 39.2 Å². The van der Waals surface area contributed by atoms with Gasteiger partial charge in [-0.15, -0.1) is 0 Å². The van der Waals surface area contributed by atoms with Crippen molar-refractivity contribution < 1.29 is 14.3 Å². The SMILES string of the molecule is C[C@@H](OC(=O)c1n[nH]c(=O)c2ccccc12)C(=O)c1ccc(C(C)(C)C)cc1. The quantitative estimate of drug-likeness (QED) is 0.553. The zero-order valence-electron chi connectivity index (χ0n) is 16.3. The molecule has 0 saturated heterocycles. The van der Waals surface area contributed by atoms with Gasteiger partial charge < -0.3 is 4.74 Å². The lowest BCUT2D eigenvalue weighted by atomic mass is 9.86. The average molecular weight is 378 g/mol. The molecule has 0 aliphatic rings. The molecule has 28 heavy (non-hydrogen) atoms. The monoisotopic (exact) mass is 378 g/mol. The highest BCUT2D eigenvalue weighted by Gasteiger charge is 2.23. The van der Waals surface area contributed by atoms with Crippen LogP contribution in [0.4, 0.5) is 0 Å². The van der Waals surface area contributed by atoms with Crippen LogP contribution in [0.1, 0.15) is 54.1 Å². The molecule has 6 heteroatoms. The summed E-state index contributed by atoms with van der Waals surface area (Å²) >= 11 is 0. The molecule has 0 aliphatic heterocycles. The first kappa shape index (κ1) is 19.5. The second kappa shape index (κ2) is 7.38. The van der Waals surface area contributed by atoms with Gasteiger partial charge in [-0.25, -0.2) is 9.89 Å². The van der Waals surface area contributed by atoms with Crippen LogP contribution >= 0.6 is 0 Å². The Morgan fingerprint density at radius 3 is 2.21 bits per heavy atom. The van der Waals surface area contributed by atoms with Crippen LogP contribution in [0.3, 0.4) is 0 Å². The third-order valence-corrected chi connectivity index (χ3v) is 4.58. The summed E-state index contributed by atoms with van der Waals surface area (Å²) in [4.78, 5) is 37.0. The summed E-state index contributed by atoms with van der Waals surface area (Å²) in [6, 6.07) is 13.9. The second-order valence-corrected chi connectivity index (χ2v) is 7.69. The largest absolute Gasteiger partial charge is 0.449 e. The highest BCUT2D eigenvalue weighted by atomic mass is 16.5. The smallest absolute Gasteiger partial charge is 0.360 e. The van der Waals surface area contributed by atoms with Gasteiger partial charge in [-0.2, -0.15) is 5.10 Å². The molecule has 1 aromatic heterocycles. The standard InChI is InChI=1S/C22H22N2O4/c1-13(19(25)14-9-11-15(12-10-14)22(2,3)4)28-21(27)18-16-7-5-6-8-17(16)20(26)24-23-18/h5-13H,1-4H3,(H,24,26)/t13-/m1/s1. The Hall–Kier alpha value is -3.28. The number of fused-ring (bicyclic) bond motifs is 1. The number of benzene rings is 2. The van der Waals surface area contributed by atoms with E-state index in [2.05, 4.69) is 31.0 Å². The molecule has 0 fully saturated rings. The summed E-state index contributed by atoms with van der Waals surface area (Å²) < 4.78 is 5.33. The molecule has 2 aromatic carbocycles. The molecule has 3 aromatic rings. The van der Waals surface area contributed by atoms with Crippen LogP contribution in [-0.2, 0) is 10.2 Å². The Morgan fingerprint density at radius 1 is 1.00 bits per heavy atom. The Morgan fingerprint density at radius 2 is 1.61 bits per heavy atom. The maximum absolute atomic E-state index is 12.6. The predicted molar refractivity (Wildman–Crippen MR) is 107 cm³/mol. The highest BCUT2D eigenvalue weighted by Crippen LogP contribution is 2.23. The van der Waals surface area contributed by atoms with E-state index in [0.29, 0.717) is 16.3 Å². The van der Waals surface area contributed by atoms with Crippen LogP contribution < -0.4 is 5.56 Å². The first-order chi connectivity index (χ1) is 13.2. The fourth-order valence-corrected chi connectivity index (χ4v) is 2.91. The number of Topliss-reactive ketones (excluding diaryl/α,β-unsaturated/α-hetero) is 1. The molecule has 0 radical (unpaired) electrons. The zero-order valence-corrected chi connectivity index (χ0v) is 16.3. The van der Waals surface area contributed by atoms with Gasteiger partial charge in [0, 0.05) is 10.9 Å². The van der Waals surface area contributed by atoms with Crippen LogP contribution in [0, 0.1) is 0 Å². The molecule has 6 nitrogen and oxygen atoms in total. The third-order valence-electron chi connectivity index (χ3n) is 4.58. The number of aromatic amines is 1. The number of carbonyl (C=O) groups is 2. The van der Waals surface area contributed by atoms with Crippen molar-refractivity contribution in [1.82, 2.24) is 10.2 Å². The lowest BCUT2D eigenvalue weighted by Crippen LogP contribution is -2.26. The van der Waals surface area contributed by atoms with Crippen LogP contribution in [0.25, 0.3) is 10.8 Å². The number of esters is 1. The van der Waals surface area contributed by atoms with E-state index >= 15 is 0 Å². The Bertz CT molecular complexity index is 1090. The number of ketones is 1. The fourth-order valence-electron chi connectivity index (χ4n) is 2.91. The van der Waals surface area contributed by atoms with E-state index in [1.165, 1.54) is 6.92 Å². The minimum Gasteiger partial charge on any atom is -0.449 e. The second-order valence-electron chi connectivity index (χ2n) is 7.69. The summed E-state index contributed by atoms with van der Waals surface area (Å²) in [5, 5.41) is 6.81. The normalized spacial score (nSPS) is 12.6. The number of hydrogen-bond donors (Lipinski definition) is 1. The van der Waals surface area contributed by atoms with Crippen LogP contribution in [0.15, 0.2) is 53.3 Å². The lowest BCUT2D eigenvalue weighted by molar-refractivity contribution is 0.0314. The average Bonchev–Trinajstić information content (AvgIpc) is 2.67. The zero-order chi connectivity index (χ0) is 20.5. The van der Waals surface area contributed by atoms with Crippen molar-refractivity contribution in [3.05, 3.63) is 75.7 Å². The van der Waals surface area contributed by atoms with E-state index in [1.54, 1.807) is 36.4 Å². The van der Waals surface area contributed by atoms with E-state index in [-0.39, 0.29) is 16.9 Å². The van der Waals surface area contributed by atoms with Gasteiger partial charge in [0.2, 0.25) is 5.78 Å². The van der Waals surface area contributed by atoms with Crippen molar-refractivity contribution in [1.29, 1.82) is 0 Å². The van der Waals surface area contributed by atoms with Gasteiger partial charge in [-0.05, 0) is 24.0 Å². The van der Waals surface area contributed by atoms with E-state index in [1.807, 2.05) is 12.1 Å². The maximum atomic E-state index is 12.6. The number of hydrogen-bond acceptors (Lipinski definition) is 5. The molecular formula is C22H22N2O4. The number of ether oxygens (including phenoxy) is 1. The predicted octanol–water partition coefficient (Wildman–Crippen LogP) is 3.65. The molecule has 1 heterocycles. The molecular weight excluding hydrogens is 356 g/mol. The molecule has 1 N–H and O–H groups in total. The summed E-state index contributed by atoms with van der Waals surface area (Å²) in [6.07, 6.45) is -0.986. The molecule has 1 atom stereocenters. The van der Waals surface area contributed by atoms with E-state index in [4.69, 9.17) is 4.74 Å². The molecule has 3 rings (SSSR count). The van der Waals surface area contributed by atoms with Gasteiger partial charge in [0.05, 0.1) is 5.39 Å². The van der Waals surface area contributed by atoms with E-state index < -0.39 is 17.6 Å². The Balaban J connectivity index is 1.80. The molecule has 0 bridgehead atoms. The first-order valence-corrected chi connectivity index (χ1v) is 9.01. The first-order valence-electron chi connectivity index (χ1n) is 9.01. The highest BCUT2D eigenvalue weighted by molar-refractivity contribution is 6.05. The number of H-pyrrole nitrogens is 1. The summed E-state index contributed by atoms with van der Waals surface area (Å²) in [7, 11) is 0. The van der Waals surface area contributed by atoms with Gasteiger partial charge in [0.1, 0.15) is 0 Å². The number of nitrogens with zero attached hydrogens (tertiary/aromatic N) is 1. The van der Waals surface area contributed by atoms with Crippen molar-refractivity contribution in [3.8, 4) is 0 Å². The van der Waals surface area contributed by atoms with Crippen molar-refractivity contribution in [2.75, 3.05) is 0 Å². The topological polar surface area (TPSA) is 89.1 Å².